The van der Waals surface area contributed by atoms with Gasteiger partial charge in [0.2, 0.25) is 0 Å². The van der Waals surface area contributed by atoms with Gasteiger partial charge < -0.3 is 0 Å². The Morgan fingerprint density at radius 2 is 0.564 bits per heavy atom. The van der Waals surface area contributed by atoms with E-state index in [0.717, 1.165) is 97.1 Å². The van der Waals surface area contributed by atoms with Crippen LogP contribution in [0.5, 0.6) is 0 Å². The summed E-state index contributed by atoms with van der Waals surface area (Å²) in [4.78, 5) is 38.0. The third-order valence-corrected chi connectivity index (χ3v) is 16.4. The minimum atomic E-state index is -5.42. The standard InChI is InChI=1S/C29H26N6O16S4/c36-32(37)22-12-2-6-16-26(22)52(44,45)30(53(46,47)27-17-7-3-13-23(27)33(38)39)20-10-1-11-21-31(54(48,49)28-18-8-4-14-24(28)34(40)41)55(50,51)29-19-9-5-15-25(29)35(42)43/h2-9,12-19H,1,10-11,20-21H2. The molecule has 292 valence electrons. The van der Waals surface area contributed by atoms with Crippen LogP contribution in [0, 0.1) is 40.5 Å². The van der Waals surface area contributed by atoms with Gasteiger partial charge in [0.1, 0.15) is 0 Å². The van der Waals surface area contributed by atoms with Crippen LogP contribution in [-0.4, -0.2) is 73.9 Å². The number of rotatable bonds is 18. The molecule has 26 heteroatoms. The number of benzene rings is 4. The smallest absolute Gasteiger partial charge is 0.258 e. The summed E-state index contributed by atoms with van der Waals surface area (Å²) >= 11 is 0. The van der Waals surface area contributed by atoms with Crippen LogP contribution in [0.4, 0.5) is 22.7 Å². The minimum Gasteiger partial charge on any atom is -0.258 e. The fourth-order valence-electron chi connectivity index (χ4n) is 5.14. The van der Waals surface area contributed by atoms with E-state index in [2.05, 4.69) is 0 Å². The molecular formula is C29H26N6O16S4. The molecule has 0 atom stereocenters. The molecule has 55 heavy (non-hydrogen) atoms. The van der Waals surface area contributed by atoms with E-state index >= 15 is 0 Å². The molecule has 0 spiro atoms. The largest absolute Gasteiger partial charge is 0.289 e. The normalized spacial score (nSPS) is 12.4. The molecule has 0 aliphatic rings. The van der Waals surface area contributed by atoms with Crippen molar-refractivity contribution in [3.63, 3.8) is 0 Å². The third-order valence-electron chi connectivity index (χ3n) is 7.61. The Morgan fingerprint density at radius 1 is 0.364 bits per heavy atom. The zero-order chi connectivity index (χ0) is 40.9. The first-order valence-corrected chi connectivity index (χ1v) is 20.9. The molecule has 0 saturated carbocycles. The van der Waals surface area contributed by atoms with Crippen molar-refractivity contribution >= 4 is 62.8 Å². The summed E-state index contributed by atoms with van der Waals surface area (Å²) in [7, 11) is -21.7. The van der Waals surface area contributed by atoms with E-state index in [4.69, 9.17) is 0 Å². The van der Waals surface area contributed by atoms with Crippen LogP contribution in [0.2, 0.25) is 0 Å². The van der Waals surface area contributed by atoms with Crippen LogP contribution < -0.4 is 0 Å². The molecule has 4 aromatic rings. The Kier molecular flexibility index (Phi) is 12.4. The maximum absolute atomic E-state index is 13.9. The van der Waals surface area contributed by atoms with Crippen LogP contribution >= 0.6 is 0 Å². The van der Waals surface area contributed by atoms with Crippen molar-refractivity contribution in [3.05, 3.63) is 138 Å². The molecule has 22 nitrogen and oxygen atoms in total. The van der Waals surface area contributed by atoms with Gasteiger partial charge in [-0.25, -0.2) is 33.7 Å². The number of sulfonamides is 4. The summed E-state index contributed by atoms with van der Waals surface area (Å²) in [6.07, 6.45) is -1.56. The van der Waals surface area contributed by atoms with E-state index in [1.807, 2.05) is 0 Å². The second-order valence-electron chi connectivity index (χ2n) is 11.0. The van der Waals surface area contributed by atoms with Crippen LogP contribution in [0.3, 0.4) is 0 Å². The molecular weight excluding hydrogens is 817 g/mol. The summed E-state index contributed by atoms with van der Waals surface area (Å²) in [5.41, 5.74) is -4.16. The Morgan fingerprint density at radius 3 is 0.764 bits per heavy atom. The molecule has 0 unspecified atom stereocenters. The minimum absolute atomic E-state index is 0.212. The number of nitrogens with zero attached hydrogens (tertiary/aromatic N) is 6. The number of nitro benzene ring substituents is 4. The maximum Gasteiger partial charge on any atom is 0.289 e. The molecule has 0 aliphatic heterocycles. The Labute approximate surface area is 312 Å². The fraction of sp³-hybridized carbons (Fsp3) is 0.172. The zero-order valence-corrected chi connectivity index (χ0v) is 30.9. The zero-order valence-electron chi connectivity index (χ0n) is 27.6. The Balaban J connectivity index is 1.76. The summed E-state index contributed by atoms with van der Waals surface area (Å²) in [5.74, 6) is 0. The van der Waals surface area contributed by atoms with E-state index < -0.39 is 134 Å². The lowest BCUT2D eigenvalue weighted by Crippen LogP contribution is -2.39. The number of unbranched alkanes of at least 4 members (excludes halogenated alkanes) is 2. The molecule has 0 heterocycles. The average Bonchev–Trinajstić information content (AvgIpc) is 3.13. The van der Waals surface area contributed by atoms with Gasteiger partial charge in [0.15, 0.2) is 19.6 Å². The molecule has 0 saturated heterocycles. The predicted molar refractivity (Wildman–Crippen MR) is 188 cm³/mol. The SMILES string of the molecule is O=[N+]([O-])c1ccccc1S(=O)(=O)N(CCCCCN(S(=O)(=O)c1ccccc1[N+](=O)[O-])S(=O)(=O)c1ccccc1[N+](=O)[O-])S(=O)(=O)c1ccccc1[N+](=O)[O-]. The van der Waals surface area contributed by atoms with Crippen molar-refractivity contribution in [1.82, 2.24) is 7.42 Å². The molecule has 0 aromatic heterocycles. The number of hydrogen-bond acceptors (Lipinski definition) is 16. The lowest BCUT2D eigenvalue weighted by Gasteiger charge is -2.23. The van der Waals surface area contributed by atoms with E-state index in [1.165, 1.54) is 0 Å². The highest BCUT2D eigenvalue weighted by Gasteiger charge is 2.44. The van der Waals surface area contributed by atoms with Gasteiger partial charge in [0.25, 0.3) is 62.8 Å². The molecule has 0 bridgehead atoms. The highest BCUT2D eigenvalue weighted by molar-refractivity contribution is 8.04. The summed E-state index contributed by atoms with van der Waals surface area (Å²) in [6.45, 7) is -2.15. The highest BCUT2D eigenvalue weighted by atomic mass is 32.3. The summed E-state index contributed by atoms with van der Waals surface area (Å²) in [5, 5.41) is 46.8. The monoisotopic (exact) mass is 842 g/mol. The van der Waals surface area contributed by atoms with E-state index in [9.17, 15) is 74.1 Å². The second kappa shape index (κ2) is 16.3. The maximum atomic E-state index is 13.9. The fourth-order valence-corrected chi connectivity index (χ4v) is 13.2. The van der Waals surface area contributed by atoms with Crippen molar-refractivity contribution in [3.8, 4) is 0 Å². The first kappa shape index (κ1) is 41.9. The van der Waals surface area contributed by atoms with Crippen molar-refractivity contribution in [2.45, 2.75) is 38.8 Å². The molecule has 4 aromatic carbocycles. The van der Waals surface area contributed by atoms with Crippen LogP contribution in [0.1, 0.15) is 19.3 Å². The van der Waals surface area contributed by atoms with Gasteiger partial charge >= 0.3 is 0 Å². The second-order valence-corrected chi connectivity index (χ2v) is 18.8. The first-order chi connectivity index (χ1) is 25.7. The lowest BCUT2D eigenvalue weighted by atomic mass is 10.2. The summed E-state index contributed by atoms with van der Waals surface area (Å²) in [6, 6.07) is 14.6. The van der Waals surface area contributed by atoms with Crippen LogP contribution in [0.25, 0.3) is 0 Å². The number of nitro groups is 4. The lowest BCUT2D eigenvalue weighted by molar-refractivity contribution is -0.388. The van der Waals surface area contributed by atoms with Crippen LogP contribution in [-0.2, 0) is 40.1 Å². The Bertz CT molecular complexity index is 2280. The Hall–Kier alpha value is -5.80. The van der Waals surface area contributed by atoms with Crippen molar-refractivity contribution in [2.75, 3.05) is 13.1 Å². The number of hydrogen-bond donors (Lipinski definition) is 0. The van der Waals surface area contributed by atoms with E-state index in [-0.39, 0.29) is 7.42 Å². The molecule has 0 fully saturated rings. The molecule has 0 N–H and O–H groups in total. The number of para-hydroxylation sites is 4. The van der Waals surface area contributed by atoms with Crippen molar-refractivity contribution in [2.24, 2.45) is 0 Å². The van der Waals surface area contributed by atoms with Gasteiger partial charge in [0, 0.05) is 37.4 Å². The topological polar surface area (TPSA) is 316 Å². The van der Waals surface area contributed by atoms with Gasteiger partial charge in [-0.05, 0) is 37.1 Å². The van der Waals surface area contributed by atoms with Gasteiger partial charge in [-0.15, -0.1) is 0 Å². The summed E-state index contributed by atoms with van der Waals surface area (Å²) < 4.78 is 111. The van der Waals surface area contributed by atoms with E-state index in [0.29, 0.717) is 0 Å². The van der Waals surface area contributed by atoms with Crippen molar-refractivity contribution < 1.29 is 53.4 Å². The molecule has 0 radical (unpaired) electrons. The van der Waals surface area contributed by atoms with Crippen molar-refractivity contribution in [1.29, 1.82) is 0 Å². The van der Waals surface area contributed by atoms with Crippen LogP contribution in [0.15, 0.2) is 117 Å². The van der Waals surface area contributed by atoms with E-state index in [1.54, 1.807) is 0 Å². The third kappa shape index (κ3) is 8.47. The molecule has 0 aliphatic carbocycles. The predicted octanol–water partition coefficient (Wildman–Crippen LogP) is 3.95. The molecule has 0 amide bonds. The van der Waals surface area contributed by atoms with Gasteiger partial charge in [0.05, 0.1) is 19.7 Å². The van der Waals surface area contributed by atoms with Gasteiger partial charge in [-0.1, -0.05) is 62.4 Å². The quantitative estimate of drug-likeness (QED) is 0.0777. The molecule has 4 rings (SSSR count). The van der Waals surface area contributed by atoms with Gasteiger partial charge in [-0.3, -0.25) is 40.5 Å². The first-order valence-electron chi connectivity index (χ1n) is 15.2. The average molecular weight is 843 g/mol. The highest BCUT2D eigenvalue weighted by Crippen LogP contribution is 2.35. The van der Waals surface area contributed by atoms with Gasteiger partial charge in [-0.2, -0.15) is 0 Å².